The van der Waals surface area contributed by atoms with Crippen LogP contribution in [0.3, 0.4) is 0 Å². The third-order valence-electron chi connectivity index (χ3n) is 10.1. The van der Waals surface area contributed by atoms with Crippen molar-refractivity contribution in [3.8, 4) is 11.1 Å². The second kappa shape index (κ2) is 10.6. The Labute approximate surface area is 290 Å². The number of fused-ring (bicyclic) bond motifs is 11. The highest BCUT2D eigenvalue weighted by molar-refractivity contribution is 7.26. The second-order valence-electron chi connectivity index (χ2n) is 12.8. The molecule has 3 nitrogen and oxygen atoms in total. The van der Waals surface area contributed by atoms with E-state index in [-0.39, 0.29) is 0 Å². The summed E-state index contributed by atoms with van der Waals surface area (Å²) in [6.07, 6.45) is 0. The topological polar surface area (TPSA) is 29.5 Å². The Bertz CT molecular complexity index is 3110. The fourth-order valence-electron chi connectivity index (χ4n) is 7.80. The molecule has 3 aromatic heterocycles. The van der Waals surface area contributed by atoms with Gasteiger partial charge in [-0.15, -0.1) is 11.3 Å². The molecule has 11 rings (SSSR count). The van der Waals surface area contributed by atoms with Crippen molar-refractivity contribution in [1.29, 1.82) is 0 Å². The van der Waals surface area contributed by atoms with Crippen LogP contribution in [0.15, 0.2) is 173 Å². The first-order valence-electron chi connectivity index (χ1n) is 16.8. The summed E-state index contributed by atoms with van der Waals surface area (Å²) in [5, 5.41) is 9.33. The Hall–Kier alpha value is -6.36. The van der Waals surface area contributed by atoms with Crippen molar-refractivity contribution in [1.82, 2.24) is 0 Å². The average molecular weight is 658 g/mol. The quantitative estimate of drug-likeness (QED) is 0.189. The predicted octanol–water partition coefficient (Wildman–Crippen LogP) is 14.1. The molecule has 0 amide bonds. The van der Waals surface area contributed by atoms with E-state index >= 15 is 0 Å². The maximum atomic E-state index is 6.71. The number of furan rings is 2. The molecule has 0 aliphatic carbocycles. The molecule has 0 spiro atoms. The minimum absolute atomic E-state index is 0.873. The Morgan fingerprint density at radius 1 is 0.420 bits per heavy atom. The molecule has 0 bridgehead atoms. The summed E-state index contributed by atoms with van der Waals surface area (Å²) in [4.78, 5) is 2.40. The van der Waals surface area contributed by atoms with Gasteiger partial charge in [0.2, 0.25) is 0 Å². The molecule has 50 heavy (non-hydrogen) atoms. The van der Waals surface area contributed by atoms with Gasteiger partial charge in [0.05, 0.1) is 21.5 Å². The number of thiophene rings is 1. The van der Waals surface area contributed by atoms with Gasteiger partial charge in [-0.2, -0.15) is 0 Å². The number of nitrogens with zero attached hydrogens (tertiary/aromatic N) is 1. The monoisotopic (exact) mass is 657 g/mol. The number of hydrogen-bond donors (Lipinski definition) is 0. The highest BCUT2D eigenvalue weighted by atomic mass is 32.1. The minimum atomic E-state index is 0.873. The molecule has 0 aliphatic heterocycles. The van der Waals surface area contributed by atoms with Gasteiger partial charge < -0.3 is 13.7 Å². The molecule has 0 saturated heterocycles. The lowest BCUT2D eigenvalue weighted by Crippen LogP contribution is -2.10. The lowest BCUT2D eigenvalue weighted by molar-refractivity contribution is 0.669. The highest BCUT2D eigenvalue weighted by Gasteiger charge is 2.23. The summed E-state index contributed by atoms with van der Waals surface area (Å²) in [6, 6.07) is 58.2. The van der Waals surface area contributed by atoms with E-state index in [1.165, 1.54) is 25.6 Å². The van der Waals surface area contributed by atoms with Gasteiger partial charge in [0, 0.05) is 48.3 Å². The van der Waals surface area contributed by atoms with Crippen LogP contribution >= 0.6 is 11.3 Å². The van der Waals surface area contributed by atoms with E-state index in [0.717, 1.165) is 77.5 Å². The molecule has 3 heterocycles. The number of anilines is 3. The highest BCUT2D eigenvalue weighted by Crippen LogP contribution is 2.48. The fraction of sp³-hybridized carbons (Fsp3) is 0. The SMILES string of the molecule is c1ccc2c(c1)ccc1c3cccc(-c4ccc(N(c5cccc6c5sc5ccccc56)c5cccc6oc7ccccc7c56)cc4)c3oc21. The Kier molecular flexibility index (Phi) is 5.83. The average Bonchev–Trinajstić information content (AvgIpc) is 3.87. The van der Waals surface area contributed by atoms with E-state index in [1.54, 1.807) is 0 Å². The van der Waals surface area contributed by atoms with Gasteiger partial charge in [0.15, 0.2) is 0 Å². The molecule has 11 aromatic rings. The molecule has 0 unspecified atom stereocenters. The van der Waals surface area contributed by atoms with Crippen molar-refractivity contribution >= 4 is 103 Å². The standard InChI is InChI=1S/C46H27NO2S/c1-2-11-31-28(10-1)24-27-35-34-15-7-14-32(44(34)49-45(31)35)29-22-25-30(26-23-29)47(38-17-9-20-41-43(38)37-13-3-5-19-40(37)48-41)39-18-8-16-36-33-12-4-6-21-42(33)50-46(36)39/h1-27H. The first-order valence-corrected chi connectivity index (χ1v) is 17.7. The minimum Gasteiger partial charge on any atom is -0.456 e. The Morgan fingerprint density at radius 3 is 2.02 bits per heavy atom. The van der Waals surface area contributed by atoms with E-state index in [2.05, 4.69) is 157 Å². The Balaban J connectivity index is 1.13. The smallest absolute Gasteiger partial charge is 0.143 e. The predicted molar refractivity (Wildman–Crippen MR) is 212 cm³/mol. The van der Waals surface area contributed by atoms with E-state index in [0.29, 0.717) is 0 Å². The molecule has 0 radical (unpaired) electrons. The van der Waals surface area contributed by atoms with Gasteiger partial charge in [-0.25, -0.2) is 0 Å². The van der Waals surface area contributed by atoms with Gasteiger partial charge in [-0.3, -0.25) is 0 Å². The van der Waals surface area contributed by atoms with Crippen LogP contribution in [0.25, 0.3) is 85.9 Å². The third-order valence-corrected chi connectivity index (χ3v) is 11.3. The van der Waals surface area contributed by atoms with Gasteiger partial charge in [-0.05, 0) is 59.5 Å². The molecular formula is C46H27NO2S. The van der Waals surface area contributed by atoms with Gasteiger partial charge in [0.1, 0.15) is 22.3 Å². The molecule has 0 aliphatic rings. The summed E-state index contributed by atoms with van der Waals surface area (Å²) in [5.74, 6) is 0. The van der Waals surface area contributed by atoms with Crippen molar-refractivity contribution in [2.45, 2.75) is 0 Å². The maximum Gasteiger partial charge on any atom is 0.143 e. The van der Waals surface area contributed by atoms with E-state index in [9.17, 15) is 0 Å². The summed E-state index contributed by atoms with van der Waals surface area (Å²) in [5.41, 5.74) is 9.08. The van der Waals surface area contributed by atoms with Gasteiger partial charge in [0.25, 0.3) is 0 Å². The second-order valence-corrected chi connectivity index (χ2v) is 13.9. The summed E-state index contributed by atoms with van der Waals surface area (Å²) in [6.45, 7) is 0. The van der Waals surface area contributed by atoms with E-state index < -0.39 is 0 Å². The van der Waals surface area contributed by atoms with E-state index in [1.807, 2.05) is 23.5 Å². The van der Waals surface area contributed by atoms with Crippen LogP contribution in [0.2, 0.25) is 0 Å². The third kappa shape index (κ3) is 3.97. The summed E-state index contributed by atoms with van der Waals surface area (Å²) in [7, 11) is 0. The van der Waals surface area contributed by atoms with Crippen LogP contribution in [0.4, 0.5) is 17.1 Å². The van der Waals surface area contributed by atoms with Crippen molar-refractivity contribution in [2.24, 2.45) is 0 Å². The number of benzene rings is 8. The van der Waals surface area contributed by atoms with Crippen LogP contribution in [0, 0.1) is 0 Å². The largest absolute Gasteiger partial charge is 0.456 e. The zero-order valence-electron chi connectivity index (χ0n) is 26.8. The molecule has 0 saturated carbocycles. The lowest BCUT2D eigenvalue weighted by atomic mass is 10.0. The zero-order chi connectivity index (χ0) is 32.8. The number of para-hydroxylation sites is 2. The normalized spacial score (nSPS) is 12.0. The van der Waals surface area contributed by atoms with Gasteiger partial charge in [-0.1, -0.05) is 115 Å². The summed E-state index contributed by atoms with van der Waals surface area (Å²) < 4.78 is 15.6. The molecule has 0 N–H and O–H groups in total. The molecule has 8 aromatic carbocycles. The zero-order valence-corrected chi connectivity index (χ0v) is 27.6. The molecule has 4 heteroatoms. The Morgan fingerprint density at radius 2 is 1.10 bits per heavy atom. The molecular weight excluding hydrogens is 631 g/mol. The lowest BCUT2D eigenvalue weighted by Gasteiger charge is -2.27. The fourth-order valence-corrected chi connectivity index (χ4v) is 9.01. The first kappa shape index (κ1) is 27.6. The van der Waals surface area contributed by atoms with E-state index in [4.69, 9.17) is 8.83 Å². The number of hydrogen-bond acceptors (Lipinski definition) is 4. The van der Waals surface area contributed by atoms with Crippen molar-refractivity contribution < 1.29 is 8.83 Å². The van der Waals surface area contributed by atoms with Gasteiger partial charge >= 0.3 is 0 Å². The van der Waals surface area contributed by atoms with Crippen LogP contribution in [0.5, 0.6) is 0 Å². The van der Waals surface area contributed by atoms with Crippen LogP contribution in [-0.4, -0.2) is 0 Å². The first-order chi connectivity index (χ1) is 24.8. The molecule has 234 valence electrons. The van der Waals surface area contributed by atoms with Crippen LogP contribution in [-0.2, 0) is 0 Å². The van der Waals surface area contributed by atoms with Crippen LogP contribution in [0.1, 0.15) is 0 Å². The van der Waals surface area contributed by atoms with Crippen LogP contribution < -0.4 is 4.90 Å². The maximum absolute atomic E-state index is 6.71. The van der Waals surface area contributed by atoms with Crippen molar-refractivity contribution in [2.75, 3.05) is 4.90 Å². The summed E-state index contributed by atoms with van der Waals surface area (Å²) >= 11 is 1.84. The van der Waals surface area contributed by atoms with Crippen molar-refractivity contribution in [3.63, 3.8) is 0 Å². The molecule has 0 atom stereocenters. The number of rotatable bonds is 4. The molecule has 0 fully saturated rings. The van der Waals surface area contributed by atoms with Crippen molar-refractivity contribution in [3.05, 3.63) is 164 Å².